The second-order valence-corrected chi connectivity index (χ2v) is 18.8. The SMILES string of the molecule is c1ccc2cc(N(c3cc4cnc5cc(N(c6ccc7ccccc7c6)c6ccc7c(c6)sc6ccccc67)cc6cnc(c3)c4c65)c3ccc4c(c3)sc3ccccc34)ccc2c1. The van der Waals surface area contributed by atoms with Crippen LogP contribution in [0.1, 0.15) is 0 Å². The topological polar surface area (TPSA) is 32.3 Å². The molecular weight excluding hydrogens is 817 g/mol. The number of hydrogen-bond donors (Lipinski definition) is 0. The van der Waals surface area contributed by atoms with Gasteiger partial charge in [0.15, 0.2) is 0 Å². The van der Waals surface area contributed by atoms with Gasteiger partial charge >= 0.3 is 0 Å². The maximum absolute atomic E-state index is 5.25. The van der Waals surface area contributed by atoms with E-state index in [1.165, 1.54) is 61.9 Å². The van der Waals surface area contributed by atoms with Crippen LogP contribution in [0.2, 0.25) is 0 Å². The van der Waals surface area contributed by atoms with Crippen LogP contribution in [0.4, 0.5) is 34.1 Å². The summed E-state index contributed by atoms with van der Waals surface area (Å²) in [4.78, 5) is 15.3. The van der Waals surface area contributed by atoms with E-state index < -0.39 is 0 Å². The van der Waals surface area contributed by atoms with Crippen molar-refractivity contribution in [2.45, 2.75) is 0 Å². The number of anilines is 6. The van der Waals surface area contributed by atoms with Crippen molar-refractivity contribution >= 4 is 151 Å². The van der Waals surface area contributed by atoms with Gasteiger partial charge in [-0.1, -0.05) is 109 Å². The first kappa shape index (κ1) is 35.7. The van der Waals surface area contributed by atoms with Crippen molar-refractivity contribution in [2.75, 3.05) is 9.80 Å². The molecule has 10 aromatic carbocycles. The van der Waals surface area contributed by atoms with E-state index in [-0.39, 0.29) is 0 Å². The molecule has 0 saturated carbocycles. The summed E-state index contributed by atoms with van der Waals surface area (Å²) in [6.07, 6.45) is 4.08. The van der Waals surface area contributed by atoms with Crippen LogP contribution in [0, 0.1) is 0 Å². The van der Waals surface area contributed by atoms with E-state index in [0.29, 0.717) is 0 Å². The molecule has 0 N–H and O–H groups in total. The summed E-state index contributed by atoms with van der Waals surface area (Å²) in [6.45, 7) is 0. The highest BCUT2D eigenvalue weighted by molar-refractivity contribution is 7.26. The van der Waals surface area contributed by atoms with Gasteiger partial charge < -0.3 is 9.80 Å². The first-order valence-corrected chi connectivity index (χ1v) is 23.2. The third-order valence-electron chi connectivity index (χ3n) is 12.9. The molecule has 4 heterocycles. The van der Waals surface area contributed by atoms with E-state index >= 15 is 0 Å². The Bertz CT molecular complexity index is 3850. The van der Waals surface area contributed by atoms with Crippen LogP contribution in [-0.4, -0.2) is 9.97 Å². The Labute approximate surface area is 375 Å². The van der Waals surface area contributed by atoms with Crippen LogP contribution < -0.4 is 9.80 Å². The van der Waals surface area contributed by atoms with Crippen LogP contribution in [0.25, 0.3) is 94.5 Å². The zero-order valence-corrected chi connectivity index (χ0v) is 35.9. The van der Waals surface area contributed by atoms with Gasteiger partial charge in [-0.05, 0) is 106 Å². The summed E-state index contributed by atoms with van der Waals surface area (Å²) in [5.41, 5.74) is 8.33. The molecule has 0 spiro atoms. The molecule has 14 aromatic rings. The van der Waals surface area contributed by atoms with Crippen LogP contribution >= 0.6 is 22.7 Å². The second kappa shape index (κ2) is 13.8. The molecule has 0 amide bonds. The van der Waals surface area contributed by atoms with Gasteiger partial charge in [-0.25, -0.2) is 0 Å². The first-order chi connectivity index (χ1) is 31.7. The highest BCUT2D eigenvalue weighted by Crippen LogP contribution is 2.46. The maximum atomic E-state index is 5.25. The van der Waals surface area contributed by atoms with Gasteiger partial charge in [0.1, 0.15) is 0 Å². The van der Waals surface area contributed by atoms with Gasteiger partial charge in [-0.2, -0.15) is 0 Å². The lowest BCUT2D eigenvalue weighted by molar-refractivity contribution is 1.29. The van der Waals surface area contributed by atoms with Crippen molar-refractivity contribution in [2.24, 2.45) is 0 Å². The van der Waals surface area contributed by atoms with E-state index in [1.807, 2.05) is 35.1 Å². The van der Waals surface area contributed by atoms with Gasteiger partial charge in [0.2, 0.25) is 0 Å². The van der Waals surface area contributed by atoms with Crippen LogP contribution in [0.5, 0.6) is 0 Å². The van der Waals surface area contributed by atoms with Gasteiger partial charge in [-0.3, -0.25) is 9.97 Å². The number of hydrogen-bond acceptors (Lipinski definition) is 6. The third-order valence-corrected chi connectivity index (χ3v) is 15.2. The predicted octanol–water partition coefficient (Wildman–Crippen LogP) is 17.4. The molecule has 0 fully saturated rings. The van der Waals surface area contributed by atoms with Crippen molar-refractivity contribution in [1.29, 1.82) is 0 Å². The fraction of sp³-hybridized carbons (Fsp3) is 0. The van der Waals surface area contributed by atoms with E-state index in [9.17, 15) is 0 Å². The summed E-state index contributed by atoms with van der Waals surface area (Å²) >= 11 is 3.69. The number of aromatic nitrogens is 2. The monoisotopic (exact) mass is 850 g/mol. The molecule has 298 valence electrons. The van der Waals surface area contributed by atoms with Crippen molar-refractivity contribution < 1.29 is 0 Å². The Morgan fingerprint density at radius 1 is 0.281 bits per heavy atom. The molecule has 0 atom stereocenters. The Hall–Kier alpha value is -7.90. The average Bonchev–Trinajstić information content (AvgIpc) is 3.91. The minimum Gasteiger partial charge on any atom is -0.310 e. The van der Waals surface area contributed by atoms with Gasteiger partial charge in [0, 0.05) is 108 Å². The van der Waals surface area contributed by atoms with Crippen molar-refractivity contribution in [3.05, 3.63) is 207 Å². The minimum absolute atomic E-state index is 0.940. The summed E-state index contributed by atoms with van der Waals surface area (Å²) in [6, 6.07) is 70.9. The summed E-state index contributed by atoms with van der Waals surface area (Å²) < 4.78 is 5.12. The van der Waals surface area contributed by atoms with Gasteiger partial charge in [0.05, 0.1) is 11.0 Å². The molecule has 0 saturated heterocycles. The lowest BCUT2D eigenvalue weighted by Crippen LogP contribution is -2.11. The first-order valence-electron chi connectivity index (χ1n) is 21.5. The average molecular weight is 851 g/mol. The molecule has 4 aromatic heterocycles. The van der Waals surface area contributed by atoms with Crippen LogP contribution in [-0.2, 0) is 0 Å². The number of thiophene rings is 2. The summed E-state index contributed by atoms with van der Waals surface area (Å²) in [5.74, 6) is 0. The quantitative estimate of drug-likeness (QED) is 0.156. The molecule has 0 radical (unpaired) electrons. The predicted molar refractivity (Wildman–Crippen MR) is 276 cm³/mol. The zero-order valence-electron chi connectivity index (χ0n) is 34.2. The molecule has 0 bridgehead atoms. The summed E-state index contributed by atoms with van der Waals surface area (Å²) in [7, 11) is 0. The normalized spacial score (nSPS) is 12.1. The fourth-order valence-corrected chi connectivity index (χ4v) is 12.3. The Balaban J connectivity index is 0.943. The van der Waals surface area contributed by atoms with E-state index in [2.05, 4.69) is 204 Å². The third kappa shape index (κ3) is 5.53. The van der Waals surface area contributed by atoms with Crippen LogP contribution in [0.15, 0.2) is 207 Å². The largest absolute Gasteiger partial charge is 0.310 e. The Morgan fingerprint density at radius 2 is 0.656 bits per heavy atom. The van der Waals surface area contributed by atoms with Gasteiger partial charge in [0.25, 0.3) is 0 Å². The summed E-state index contributed by atoms with van der Waals surface area (Å²) in [5, 5.41) is 14.3. The number of nitrogens with zero attached hydrogens (tertiary/aromatic N) is 4. The van der Waals surface area contributed by atoms with Crippen LogP contribution in [0.3, 0.4) is 0 Å². The Kier molecular flexibility index (Phi) is 7.69. The van der Waals surface area contributed by atoms with Crippen molar-refractivity contribution in [1.82, 2.24) is 9.97 Å². The molecule has 0 aliphatic carbocycles. The lowest BCUT2D eigenvalue weighted by Gasteiger charge is -2.27. The molecule has 6 heteroatoms. The van der Waals surface area contributed by atoms with Crippen molar-refractivity contribution in [3.63, 3.8) is 0 Å². The standard InChI is InChI=1S/C58H34N4S2/c1-3-11-37-25-41(19-17-35(37)9-1)61(43-21-23-49-47-13-5-7-15-53(47)63-55(49)31-43)45-27-39-33-60-52-30-46(28-40-34-59-51(29-45)57(39)58(40)52)62(42-20-18-36-10-2-4-12-38(36)26-42)44-22-24-50-48-14-6-8-16-54(48)64-56(50)32-44/h1-34H. The highest BCUT2D eigenvalue weighted by atomic mass is 32.1. The maximum Gasteiger partial charge on any atom is 0.0736 e. The number of pyridine rings is 2. The van der Waals surface area contributed by atoms with E-state index in [0.717, 1.165) is 66.7 Å². The molecular formula is C58H34N4S2. The molecule has 0 aliphatic rings. The number of rotatable bonds is 6. The van der Waals surface area contributed by atoms with Crippen molar-refractivity contribution in [3.8, 4) is 0 Å². The minimum atomic E-state index is 0.940. The number of benzene rings is 10. The second-order valence-electron chi connectivity index (χ2n) is 16.7. The lowest BCUT2D eigenvalue weighted by atomic mass is 9.99. The van der Waals surface area contributed by atoms with Gasteiger partial charge in [-0.15, -0.1) is 22.7 Å². The highest BCUT2D eigenvalue weighted by Gasteiger charge is 2.22. The molecule has 0 unspecified atom stereocenters. The zero-order chi connectivity index (χ0) is 41.9. The molecule has 0 aliphatic heterocycles. The molecule has 64 heavy (non-hydrogen) atoms. The Morgan fingerprint density at radius 3 is 1.14 bits per heavy atom. The number of fused-ring (bicyclic) bond motifs is 8. The smallest absolute Gasteiger partial charge is 0.0736 e. The van der Waals surface area contributed by atoms with E-state index in [1.54, 1.807) is 0 Å². The van der Waals surface area contributed by atoms with E-state index in [4.69, 9.17) is 9.97 Å². The fourth-order valence-electron chi connectivity index (χ4n) is 9.99. The molecule has 4 nitrogen and oxygen atoms in total. The molecule has 14 rings (SSSR count).